The van der Waals surface area contributed by atoms with Crippen molar-refractivity contribution >= 4 is 0 Å². The molecule has 0 aliphatic carbocycles. The second-order valence-electron chi connectivity index (χ2n) is 5.05. The van der Waals surface area contributed by atoms with Gasteiger partial charge in [0.2, 0.25) is 0 Å². The summed E-state index contributed by atoms with van der Waals surface area (Å²) in [5, 5.41) is 4.34. The summed E-state index contributed by atoms with van der Waals surface area (Å²) in [7, 11) is 3.71. The Kier molecular flexibility index (Phi) is 6.48. The zero-order chi connectivity index (χ0) is 14.4. The molecular formula is C14H28N4O. The molecule has 0 bridgehead atoms. The molecule has 0 aliphatic heterocycles. The summed E-state index contributed by atoms with van der Waals surface area (Å²) in [6, 6.07) is 0.683. The van der Waals surface area contributed by atoms with Gasteiger partial charge in [-0.15, -0.1) is 0 Å². The third kappa shape index (κ3) is 3.78. The Bertz CT molecular complexity index is 378. The van der Waals surface area contributed by atoms with Crippen LogP contribution in [0.5, 0.6) is 0 Å². The minimum atomic E-state index is 0.207. The minimum absolute atomic E-state index is 0.207. The molecule has 0 saturated carbocycles. The second-order valence-corrected chi connectivity index (χ2v) is 5.05. The SMILES string of the molecule is CCC(C)N(CCOC)C(CN)c1cnn(C)c1C. The van der Waals surface area contributed by atoms with E-state index in [-0.39, 0.29) is 6.04 Å². The molecule has 1 aromatic heterocycles. The highest BCUT2D eigenvalue weighted by Crippen LogP contribution is 2.25. The third-order valence-electron chi connectivity index (χ3n) is 3.97. The summed E-state index contributed by atoms with van der Waals surface area (Å²) < 4.78 is 7.14. The van der Waals surface area contributed by atoms with E-state index >= 15 is 0 Å². The second kappa shape index (κ2) is 7.62. The number of hydrogen-bond acceptors (Lipinski definition) is 4. The maximum absolute atomic E-state index is 6.03. The van der Waals surface area contributed by atoms with Crippen LogP contribution in [0.1, 0.15) is 37.6 Å². The van der Waals surface area contributed by atoms with Gasteiger partial charge in [0, 0.05) is 44.5 Å². The molecule has 0 saturated heterocycles. The fourth-order valence-electron chi connectivity index (χ4n) is 2.40. The predicted octanol–water partition coefficient (Wildman–Crippen LogP) is 1.48. The van der Waals surface area contributed by atoms with Crippen molar-refractivity contribution in [1.82, 2.24) is 14.7 Å². The van der Waals surface area contributed by atoms with Crippen LogP contribution >= 0.6 is 0 Å². The number of aromatic nitrogens is 2. The van der Waals surface area contributed by atoms with Crippen LogP contribution in [0, 0.1) is 6.92 Å². The number of hydrogen-bond donors (Lipinski definition) is 1. The monoisotopic (exact) mass is 268 g/mol. The van der Waals surface area contributed by atoms with Gasteiger partial charge in [-0.05, 0) is 20.3 Å². The topological polar surface area (TPSA) is 56.3 Å². The molecule has 0 aromatic carbocycles. The Hall–Kier alpha value is -0.910. The Morgan fingerprint density at radius 2 is 2.21 bits per heavy atom. The lowest BCUT2D eigenvalue weighted by Gasteiger charge is -2.35. The van der Waals surface area contributed by atoms with Crippen LogP contribution in [-0.2, 0) is 11.8 Å². The van der Waals surface area contributed by atoms with E-state index in [9.17, 15) is 0 Å². The van der Waals surface area contributed by atoms with Gasteiger partial charge in [0.25, 0.3) is 0 Å². The Labute approximate surface area is 116 Å². The number of nitrogens with zero attached hydrogens (tertiary/aromatic N) is 3. The number of aryl methyl sites for hydroxylation is 1. The molecule has 2 atom stereocenters. The summed E-state index contributed by atoms with van der Waals surface area (Å²) in [4.78, 5) is 2.42. The lowest BCUT2D eigenvalue weighted by molar-refractivity contribution is 0.0900. The molecule has 0 aliphatic rings. The molecule has 1 heterocycles. The van der Waals surface area contributed by atoms with Crippen LogP contribution in [-0.4, -0.2) is 47.5 Å². The van der Waals surface area contributed by atoms with E-state index in [1.165, 1.54) is 11.3 Å². The van der Waals surface area contributed by atoms with Crippen LogP contribution < -0.4 is 5.73 Å². The molecule has 0 spiro atoms. The molecule has 0 radical (unpaired) electrons. The van der Waals surface area contributed by atoms with Gasteiger partial charge >= 0.3 is 0 Å². The smallest absolute Gasteiger partial charge is 0.0590 e. The molecule has 1 rings (SSSR count). The lowest BCUT2D eigenvalue weighted by atomic mass is 10.0. The van der Waals surface area contributed by atoms with E-state index in [2.05, 4.69) is 30.8 Å². The van der Waals surface area contributed by atoms with E-state index in [4.69, 9.17) is 10.5 Å². The van der Waals surface area contributed by atoms with Crippen molar-refractivity contribution in [2.75, 3.05) is 26.8 Å². The van der Waals surface area contributed by atoms with Crippen molar-refractivity contribution in [3.05, 3.63) is 17.5 Å². The van der Waals surface area contributed by atoms with Crippen molar-refractivity contribution in [3.8, 4) is 0 Å². The average Bonchev–Trinajstić information content (AvgIpc) is 2.74. The van der Waals surface area contributed by atoms with E-state index in [0.717, 1.165) is 19.6 Å². The van der Waals surface area contributed by atoms with Gasteiger partial charge in [0.1, 0.15) is 0 Å². The van der Waals surface area contributed by atoms with Gasteiger partial charge in [0.15, 0.2) is 0 Å². The maximum atomic E-state index is 6.03. The Morgan fingerprint density at radius 3 is 2.63 bits per heavy atom. The number of rotatable bonds is 8. The first-order valence-corrected chi connectivity index (χ1v) is 7.00. The molecule has 19 heavy (non-hydrogen) atoms. The van der Waals surface area contributed by atoms with Gasteiger partial charge in [-0.3, -0.25) is 9.58 Å². The standard InChI is InChI=1S/C14H28N4O/c1-6-11(2)18(7-8-19-5)14(9-15)13-10-16-17(4)12(13)3/h10-11,14H,6-9,15H2,1-5H3. The highest BCUT2D eigenvalue weighted by atomic mass is 16.5. The zero-order valence-corrected chi connectivity index (χ0v) is 12.9. The molecule has 2 unspecified atom stereocenters. The predicted molar refractivity (Wildman–Crippen MR) is 78.1 cm³/mol. The number of ether oxygens (including phenoxy) is 1. The van der Waals surface area contributed by atoms with Gasteiger partial charge < -0.3 is 10.5 Å². The molecule has 5 nitrogen and oxygen atoms in total. The largest absolute Gasteiger partial charge is 0.383 e. The van der Waals surface area contributed by atoms with Crippen molar-refractivity contribution in [2.45, 2.75) is 39.3 Å². The van der Waals surface area contributed by atoms with E-state index in [0.29, 0.717) is 12.6 Å². The fourth-order valence-corrected chi connectivity index (χ4v) is 2.40. The summed E-state index contributed by atoms with van der Waals surface area (Å²) in [6.45, 7) is 8.75. The van der Waals surface area contributed by atoms with E-state index in [1.54, 1.807) is 7.11 Å². The molecule has 110 valence electrons. The van der Waals surface area contributed by atoms with Gasteiger partial charge in [-0.25, -0.2) is 0 Å². The maximum Gasteiger partial charge on any atom is 0.0590 e. The van der Waals surface area contributed by atoms with Crippen LogP contribution in [0.2, 0.25) is 0 Å². The van der Waals surface area contributed by atoms with E-state index in [1.807, 2.05) is 17.9 Å². The number of nitrogens with two attached hydrogens (primary N) is 1. The average molecular weight is 268 g/mol. The number of methoxy groups -OCH3 is 1. The van der Waals surface area contributed by atoms with Crippen LogP contribution in [0.25, 0.3) is 0 Å². The molecule has 5 heteroatoms. The summed E-state index contributed by atoms with van der Waals surface area (Å²) in [5.41, 5.74) is 8.43. The van der Waals surface area contributed by atoms with Gasteiger partial charge in [-0.1, -0.05) is 6.92 Å². The molecule has 0 fully saturated rings. The van der Waals surface area contributed by atoms with Crippen molar-refractivity contribution < 1.29 is 4.74 Å². The first kappa shape index (κ1) is 16.1. The van der Waals surface area contributed by atoms with Crippen LogP contribution in [0.15, 0.2) is 6.20 Å². The lowest BCUT2D eigenvalue weighted by Crippen LogP contribution is -2.41. The van der Waals surface area contributed by atoms with Crippen molar-refractivity contribution in [1.29, 1.82) is 0 Å². The van der Waals surface area contributed by atoms with Crippen LogP contribution in [0.3, 0.4) is 0 Å². The highest BCUT2D eigenvalue weighted by molar-refractivity contribution is 5.21. The molecule has 2 N–H and O–H groups in total. The highest BCUT2D eigenvalue weighted by Gasteiger charge is 2.25. The normalized spacial score (nSPS) is 14.9. The summed E-state index contributed by atoms with van der Waals surface area (Å²) in [6.07, 6.45) is 3.04. The van der Waals surface area contributed by atoms with Gasteiger partial charge in [0.05, 0.1) is 18.8 Å². The van der Waals surface area contributed by atoms with Gasteiger partial charge in [-0.2, -0.15) is 5.10 Å². The molecule has 0 amide bonds. The molecule has 1 aromatic rings. The summed E-state index contributed by atoms with van der Waals surface area (Å²) in [5.74, 6) is 0. The van der Waals surface area contributed by atoms with Crippen molar-refractivity contribution in [2.24, 2.45) is 12.8 Å². The minimum Gasteiger partial charge on any atom is -0.383 e. The zero-order valence-electron chi connectivity index (χ0n) is 12.9. The Balaban J connectivity index is 2.98. The molecular weight excluding hydrogens is 240 g/mol. The Morgan fingerprint density at radius 1 is 1.53 bits per heavy atom. The van der Waals surface area contributed by atoms with E-state index < -0.39 is 0 Å². The first-order chi connectivity index (χ1) is 9.06. The quantitative estimate of drug-likeness (QED) is 0.776. The third-order valence-corrected chi connectivity index (χ3v) is 3.97. The van der Waals surface area contributed by atoms with Crippen LogP contribution in [0.4, 0.5) is 0 Å². The first-order valence-electron chi connectivity index (χ1n) is 7.00. The van der Waals surface area contributed by atoms with Crippen molar-refractivity contribution in [3.63, 3.8) is 0 Å². The fraction of sp³-hybridized carbons (Fsp3) is 0.786. The summed E-state index contributed by atoms with van der Waals surface area (Å²) >= 11 is 0.